The molecule has 1 N–H and O–H groups in total. The summed E-state index contributed by atoms with van der Waals surface area (Å²) in [6.07, 6.45) is 8.19. The molecule has 0 heterocycles. The summed E-state index contributed by atoms with van der Waals surface area (Å²) >= 11 is 0. The minimum atomic E-state index is -0.931. The molecule has 3 nitrogen and oxygen atoms in total. The van der Waals surface area contributed by atoms with Gasteiger partial charge in [0.1, 0.15) is 0 Å². The highest BCUT2D eigenvalue weighted by Gasteiger charge is 2.39. The second kappa shape index (κ2) is 6.80. The number of hydrogen-bond donors (Lipinski definition) is 1. The van der Waals surface area contributed by atoms with Crippen LogP contribution in [0.25, 0.3) is 0 Å². The molecule has 0 aromatic carbocycles. The lowest BCUT2D eigenvalue weighted by Gasteiger charge is -2.24. The van der Waals surface area contributed by atoms with Crippen LogP contribution in [0.3, 0.4) is 0 Å². The summed E-state index contributed by atoms with van der Waals surface area (Å²) in [4.78, 5) is 11.9. The van der Waals surface area contributed by atoms with E-state index in [2.05, 4.69) is 6.92 Å². The first-order chi connectivity index (χ1) is 8.14. The Bertz CT molecular complexity index is 275. The number of carbonyl (C=O) groups excluding carboxylic acids is 1. The van der Waals surface area contributed by atoms with Crippen molar-refractivity contribution in [2.24, 2.45) is 0 Å². The average molecular weight is 240 g/mol. The Labute approximate surface area is 104 Å². The second-order valence-electron chi connectivity index (χ2n) is 4.72. The average Bonchev–Trinajstić information content (AvgIpc) is 2.72. The van der Waals surface area contributed by atoms with Gasteiger partial charge in [0.2, 0.25) is 0 Å². The van der Waals surface area contributed by atoms with E-state index >= 15 is 0 Å². The summed E-state index contributed by atoms with van der Waals surface area (Å²) in [6.45, 7) is 4.27. The highest BCUT2D eigenvalue weighted by Crippen LogP contribution is 2.36. The number of carbonyl (C=O) groups is 1. The van der Waals surface area contributed by atoms with E-state index in [4.69, 9.17) is 4.74 Å². The number of unbranched alkanes of at least 4 members (excludes halogenated alkanes) is 2. The largest absolute Gasteiger partial charge is 0.463 e. The Morgan fingerprint density at radius 3 is 2.53 bits per heavy atom. The highest BCUT2D eigenvalue weighted by atomic mass is 16.5. The molecule has 98 valence electrons. The van der Waals surface area contributed by atoms with Gasteiger partial charge in [-0.3, -0.25) is 0 Å². The lowest BCUT2D eigenvalue weighted by Crippen LogP contribution is -2.32. The van der Waals surface area contributed by atoms with Gasteiger partial charge in [0.25, 0.3) is 0 Å². The number of aliphatic hydroxyl groups is 1. The third-order valence-corrected chi connectivity index (χ3v) is 3.33. The predicted molar refractivity (Wildman–Crippen MR) is 67.7 cm³/mol. The van der Waals surface area contributed by atoms with Gasteiger partial charge in [-0.15, -0.1) is 0 Å². The number of rotatable bonds is 6. The zero-order valence-electron chi connectivity index (χ0n) is 11.0. The molecule has 1 aliphatic carbocycles. The second-order valence-corrected chi connectivity index (χ2v) is 4.72. The summed E-state index contributed by atoms with van der Waals surface area (Å²) in [7, 11) is 0. The molecular weight excluding hydrogens is 216 g/mol. The maximum absolute atomic E-state index is 11.9. The van der Waals surface area contributed by atoms with E-state index in [-0.39, 0.29) is 5.97 Å². The van der Waals surface area contributed by atoms with Gasteiger partial charge in [-0.25, -0.2) is 4.79 Å². The molecule has 0 aromatic rings. The van der Waals surface area contributed by atoms with Crippen LogP contribution >= 0.6 is 0 Å². The lowest BCUT2D eigenvalue weighted by molar-refractivity contribution is -0.141. The fraction of sp³-hybridized carbons (Fsp3) is 0.786. The first-order valence-corrected chi connectivity index (χ1v) is 6.74. The Hall–Kier alpha value is -0.830. The molecular formula is C14H24O3. The van der Waals surface area contributed by atoms with Crippen LogP contribution in [0.1, 0.15) is 58.8 Å². The molecule has 17 heavy (non-hydrogen) atoms. The smallest absolute Gasteiger partial charge is 0.336 e. The van der Waals surface area contributed by atoms with Crippen LogP contribution in [0.15, 0.2) is 11.6 Å². The van der Waals surface area contributed by atoms with Crippen LogP contribution in [-0.2, 0) is 9.53 Å². The van der Waals surface area contributed by atoms with Crippen LogP contribution < -0.4 is 0 Å². The van der Waals surface area contributed by atoms with Crippen molar-refractivity contribution >= 4 is 5.97 Å². The molecule has 0 atom stereocenters. The Balaban J connectivity index is 2.77. The zero-order chi connectivity index (χ0) is 12.7. The lowest BCUT2D eigenvalue weighted by atomic mass is 9.90. The van der Waals surface area contributed by atoms with Crippen molar-refractivity contribution in [1.82, 2.24) is 0 Å². The molecule has 0 amide bonds. The fourth-order valence-electron chi connectivity index (χ4n) is 2.35. The van der Waals surface area contributed by atoms with Crippen LogP contribution in [0.4, 0.5) is 0 Å². The van der Waals surface area contributed by atoms with E-state index < -0.39 is 5.60 Å². The summed E-state index contributed by atoms with van der Waals surface area (Å²) < 4.78 is 5.05. The SMILES string of the molecule is CCCC/C=C(\C(=O)OCC)C1(O)CCCC1. The van der Waals surface area contributed by atoms with Crippen molar-refractivity contribution in [2.75, 3.05) is 6.61 Å². The molecule has 0 aliphatic heterocycles. The van der Waals surface area contributed by atoms with Crippen molar-refractivity contribution < 1.29 is 14.6 Å². The van der Waals surface area contributed by atoms with E-state index in [1.54, 1.807) is 6.92 Å². The zero-order valence-corrected chi connectivity index (χ0v) is 11.0. The fourth-order valence-corrected chi connectivity index (χ4v) is 2.35. The van der Waals surface area contributed by atoms with Crippen molar-refractivity contribution in [1.29, 1.82) is 0 Å². The predicted octanol–water partition coefficient (Wildman–Crippen LogP) is 2.97. The molecule has 0 radical (unpaired) electrons. The van der Waals surface area contributed by atoms with Crippen molar-refractivity contribution in [2.45, 2.75) is 64.4 Å². The van der Waals surface area contributed by atoms with Crippen molar-refractivity contribution in [3.8, 4) is 0 Å². The van der Waals surface area contributed by atoms with Crippen LogP contribution in [0, 0.1) is 0 Å². The summed E-state index contributed by atoms with van der Waals surface area (Å²) in [5, 5.41) is 10.5. The van der Waals surface area contributed by atoms with Gasteiger partial charge in [0.05, 0.1) is 17.8 Å². The highest BCUT2D eigenvalue weighted by molar-refractivity contribution is 5.90. The monoisotopic (exact) mass is 240 g/mol. The Morgan fingerprint density at radius 1 is 1.35 bits per heavy atom. The standard InChI is InChI=1S/C14H24O3/c1-3-5-6-9-12(13(15)17-4-2)14(16)10-7-8-11-14/h9,16H,3-8,10-11H2,1-2H3/b12-9+. The number of hydrogen-bond acceptors (Lipinski definition) is 3. The number of ether oxygens (including phenoxy) is 1. The molecule has 1 rings (SSSR count). The van der Waals surface area contributed by atoms with Gasteiger partial charge in [-0.1, -0.05) is 38.7 Å². The van der Waals surface area contributed by atoms with Gasteiger partial charge in [-0.05, 0) is 26.2 Å². The van der Waals surface area contributed by atoms with Crippen LogP contribution in [0.2, 0.25) is 0 Å². The van der Waals surface area contributed by atoms with Crippen molar-refractivity contribution in [3.05, 3.63) is 11.6 Å². The quantitative estimate of drug-likeness (QED) is 0.441. The third-order valence-electron chi connectivity index (χ3n) is 3.33. The molecule has 0 bridgehead atoms. The minimum Gasteiger partial charge on any atom is -0.463 e. The molecule has 1 aliphatic rings. The third kappa shape index (κ3) is 3.84. The molecule has 0 aromatic heterocycles. The maximum Gasteiger partial charge on any atom is 0.336 e. The summed E-state index contributed by atoms with van der Waals surface area (Å²) in [5.74, 6) is -0.340. The van der Waals surface area contributed by atoms with Gasteiger partial charge in [0.15, 0.2) is 0 Å². The van der Waals surface area contributed by atoms with Gasteiger partial charge >= 0.3 is 5.97 Å². The molecule has 0 spiro atoms. The molecule has 1 saturated carbocycles. The minimum absolute atomic E-state index is 0.340. The van der Waals surface area contributed by atoms with E-state index in [1.807, 2.05) is 6.08 Å². The molecule has 1 fully saturated rings. The number of esters is 1. The van der Waals surface area contributed by atoms with E-state index in [9.17, 15) is 9.90 Å². The van der Waals surface area contributed by atoms with Crippen LogP contribution in [-0.4, -0.2) is 23.3 Å². The van der Waals surface area contributed by atoms with Gasteiger partial charge in [-0.2, -0.15) is 0 Å². The van der Waals surface area contributed by atoms with Gasteiger partial charge in [0, 0.05) is 0 Å². The molecule has 0 saturated heterocycles. The first-order valence-electron chi connectivity index (χ1n) is 6.74. The Morgan fingerprint density at radius 2 is 2.00 bits per heavy atom. The molecule has 3 heteroatoms. The number of allylic oxidation sites excluding steroid dienone is 1. The normalized spacial score (nSPS) is 19.4. The van der Waals surface area contributed by atoms with Crippen LogP contribution in [0.5, 0.6) is 0 Å². The van der Waals surface area contributed by atoms with Crippen molar-refractivity contribution in [3.63, 3.8) is 0 Å². The topological polar surface area (TPSA) is 46.5 Å². The van der Waals surface area contributed by atoms with Gasteiger partial charge < -0.3 is 9.84 Å². The molecule has 0 unspecified atom stereocenters. The van der Waals surface area contributed by atoms with E-state index in [0.717, 1.165) is 32.1 Å². The first kappa shape index (κ1) is 14.2. The Kier molecular flexibility index (Phi) is 5.69. The maximum atomic E-state index is 11.9. The summed E-state index contributed by atoms with van der Waals surface area (Å²) in [5.41, 5.74) is -0.440. The van der Waals surface area contributed by atoms with E-state index in [0.29, 0.717) is 25.0 Å². The summed E-state index contributed by atoms with van der Waals surface area (Å²) in [6, 6.07) is 0. The van der Waals surface area contributed by atoms with E-state index in [1.165, 1.54) is 0 Å².